The van der Waals surface area contributed by atoms with Gasteiger partial charge < -0.3 is 10.4 Å². The van der Waals surface area contributed by atoms with Gasteiger partial charge in [0.2, 0.25) is 17.0 Å². The molecular formula is C19H20N6O4S2. The van der Waals surface area contributed by atoms with Crippen molar-refractivity contribution in [1.82, 2.24) is 30.8 Å². The summed E-state index contributed by atoms with van der Waals surface area (Å²) in [6.45, 7) is 0. The average Bonchev–Trinajstić information content (AvgIpc) is 3.29. The molecule has 0 saturated carbocycles. The fourth-order valence-corrected chi connectivity index (χ4v) is 6.72. The second-order valence-corrected chi connectivity index (χ2v) is 9.42. The van der Waals surface area contributed by atoms with Crippen LogP contribution in [0.5, 0.6) is 0 Å². The molecule has 2 aliphatic rings. The highest BCUT2D eigenvalue weighted by molar-refractivity contribution is 8.01. The van der Waals surface area contributed by atoms with E-state index in [0.29, 0.717) is 17.3 Å². The number of hydrogen-bond donors (Lipinski definition) is 3. The standard InChI is InChI=1S/C19H20N6O4S2/c1-20-14(26)9-13(31-18-21-23-24-22-18)19(10-11-5-3-2-4-6-11)16(29)25-12(15(27)28)7-8-30-17(19)25/h2-7,13,17H,8-10H2,1H3,(H,20,26)(H,27,28)(H,21,22,23,24)/t13?,17-,19?/m0/s1. The van der Waals surface area contributed by atoms with E-state index in [2.05, 4.69) is 25.9 Å². The van der Waals surface area contributed by atoms with Gasteiger partial charge in [0, 0.05) is 24.5 Å². The number of carbonyl (C=O) groups is 3. The molecule has 162 valence electrons. The van der Waals surface area contributed by atoms with Gasteiger partial charge in [-0.2, -0.15) is 5.21 Å². The lowest BCUT2D eigenvalue weighted by Gasteiger charge is -2.59. The minimum Gasteiger partial charge on any atom is -0.477 e. The van der Waals surface area contributed by atoms with Crippen LogP contribution in [0.3, 0.4) is 0 Å². The fourth-order valence-electron chi connectivity index (χ4n) is 4.00. The van der Waals surface area contributed by atoms with E-state index in [4.69, 9.17) is 0 Å². The lowest BCUT2D eigenvalue weighted by molar-refractivity contribution is -0.164. The number of carboxylic acids is 1. The summed E-state index contributed by atoms with van der Waals surface area (Å²) in [6, 6.07) is 9.52. The van der Waals surface area contributed by atoms with E-state index in [1.165, 1.54) is 35.5 Å². The third kappa shape index (κ3) is 3.81. The molecule has 2 aromatic rings. The monoisotopic (exact) mass is 460 g/mol. The average molecular weight is 461 g/mol. The summed E-state index contributed by atoms with van der Waals surface area (Å²) < 4.78 is 0. The molecule has 0 aliphatic carbocycles. The molecule has 2 unspecified atom stereocenters. The molecule has 12 heteroatoms. The maximum atomic E-state index is 13.7. The van der Waals surface area contributed by atoms with Crippen molar-refractivity contribution in [3.63, 3.8) is 0 Å². The summed E-state index contributed by atoms with van der Waals surface area (Å²) in [7, 11) is 1.54. The van der Waals surface area contributed by atoms with E-state index in [-0.39, 0.29) is 23.9 Å². The van der Waals surface area contributed by atoms with Crippen molar-refractivity contribution < 1.29 is 19.5 Å². The second-order valence-electron chi connectivity index (χ2n) is 7.14. The molecule has 3 atom stereocenters. The number of amides is 2. The SMILES string of the molecule is CNC(=O)CC(Sc1nn[nH]n1)C1(Cc2ccccc2)C(=O)N2C(C(=O)O)=CCS[C@H]21. The predicted molar refractivity (Wildman–Crippen MR) is 114 cm³/mol. The molecule has 4 rings (SSSR count). The molecule has 10 nitrogen and oxygen atoms in total. The van der Waals surface area contributed by atoms with Crippen LogP contribution in [0.1, 0.15) is 12.0 Å². The number of hydrogen-bond acceptors (Lipinski definition) is 8. The lowest BCUT2D eigenvalue weighted by atomic mass is 9.69. The van der Waals surface area contributed by atoms with Crippen LogP contribution in [-0.2, 0) is 20.8 Å². The maximum absolute atomic E-state index is 13.7. The Kier molecular flexibility index (Phi) is 6.01. The largest absolute Gasteiger partial charge is 0.477 e. The second kappa shape index (κ2) is 8.71. The Labute approximate surface area is 186 Å². The Bertz CT molecular complexity index is 1020. The molecule has 1 saturated heterocycles. The molecule has 0 bridgehead atoms. The summed E-state index contributed by atoms with van der Waals surface area (Å²) in [5.74, 6) is -1.21. The van der Waals surface area contributed by atoms with Gasteiger partial charge in [0.05, 0.1) is 10.8 Å². The van der Waals surface area contributed by atoms with E-state index in [0.717, 1.165) is 5.56 Å². The van der Waals surface area contributed by atoms with Crippen molar-refractivity contribution in [1.29, 1.82) is 0 Å². The zero-order valence-corrected chi connectivity index (χ0v) is 18.2. The molecule has 1 aromatic heterocycles. The Hall–Kier alpha value is -2.86. The number of carbonyl (C=O) groups excluding carboxylic acids is 2. The maximum Gasteiger partial charge on any atom is 0.352 e. The summed E-state index contributed by atoms with van der Waals surface area (Å²) in [5.41, 5.74) is -0.0995. The highest BCUT2D eigenvalue weighted by Crippen LogP contribution is 2.57. The Morgan fingerprint density at radius 1 is 1.42 bits per heavy atom. The summed E-state index contributed by atoms with van der Waals surface area (Å²) >= 11 is 2.70. The van der Waals surface area contributed by atoms with Crippen molar-refractivity contribution in [2.45, 2.75) is 28.6 Å². The number of tetrazole rings is 1. The number of aromatic amines is 1. The van der Waals surface area contributed by atoms with Crippen LogP contribution in [0.25, 0.3) is 0 Å². The molecule has 2 amide bonds. The molecule has 0 radical (unpaired) electrons. The van der Waals surface area contributed by atoms with Crippen molar-refractivity contribution in [2.24, 2.45) is 5.41 Å². The number of aliphatic carboxylic acids is 1. The zero-order chi connectivity index (χ0) is 22.0. The minimum atomic E-state index is -1.14. The molecule has 3 N–H and O–H groups in total. The van der Waals surface area contributed by atoms with Gasteiger partial charge in [0.1, 0.15) is 5.70 Å². The molecule has 0 spiro atoms. The van der Waals surface area contributed by atoms with Crippen molar-refractivity contribution >= 4 is 41.3 Å². The smallest absolute Gasteiger partial charge is 0.352 e. The number of thioether (sulfide) groups is 2. The van der Waals surface area contributed by atoms with Gasteiger partial charge in [-0.05, 0) is 23.3 Å². The van der Waals surface area contributed by atoms with Crippen LogP contribution in [0.15, 0.2) is 47.3 Å². The fraction of sp³-hybridized carbons (Fsp3) is 0.368. The molecule has 31 heavy (non-hydrogen) atoms. The van der Waals surface area contributed by atoms with Crippen LogP contribution in [0.2, 0.25) is 0 Å². The van der Waals surface area contributed by atoms with Gasteiger partial charge in [0.25, 0.3) is 0 Å². The third-order valence-electron chi connectivity index (χ3n) is 5.44. The normalized spacial score (nSPS) is 23.4. The quantitative estimate of drug-likeness (QED) is 0.387. The Morgan fingerprint density at radius 2 is 2.19 bits per heavy atom. The van der Waals surface area contributed by atoms with Crippen molar-refractivity contribution in [2.75, 3.05) is 12.8 Å². The highest BCUT2D eigenvalue weighted by Gasteiger charge is 2.67. The number of nitrogens with one attached hydrogen (secondary N) is 2. The lowest BCUT2D eigenvalue weighted by Crippen LogP contribution is -2.73. The number of fused-ring (bicyclic) bond motifs is 1. The zero-order valence-electron chi connectivity index (χ0n) is 16.5. The first-order valence-corrected chi connectivity index (χ1v) is 11.4. The topological polar surface area (TPSA) is 141 Å². The summed E-state index contributed by atoms with van der Waals surface area (Å²) in [6.07, 6.45) is 1.96. The van der Waals surface area contributed by atoms with Crippen LogP contribution >= 0.6 is 23.5 Å². The van der Waals surface area contributed by atoms with E-state index in [1.54, 1.807) is 6.08 Å². The number of benzene rings is 1. The van der Waals surface area contributed by atoms with Crippen LogP contribution in [-0.4, -0.2) is 71.8 Å². The number of β-lactam (4-membered cyclic amide) rings is 1. The van der Waals surface area contributed by atoms with Gasteiger partial charge >= 0.3 is 5.97 Å². The van der Waals surface area contributed by atoms with Gasteiger partial charge in [0.15, 0.2) is 0 Å². The van der Waals surface area contributed by atoms with E-state index < -0.39 is 22.0 Å². The van der Waals surface area contributed by atoms with Gasteiger partial charge in [-0.1, -0.05) is 42.1 Å². The number of aromatic nitrogens is 4. The van der Waals surface area contributed by atoms with Gasteiger partial charge in [-0.3, -0.25) is 14.5 Å². The van der Waals surface area contributed by atoms with Crippen LogP contribution in [0, 0.1) is 5.41 Å². The highest BCUT2D eigenvalue weighted by atomic mass is 32.2. The third-order valence-corrected chi connectivity index (χ3v) is 8.00. The van der Waals surface area contributed by atoms with Crippen molar-refractivity contribution in [3.05, 3.63) is 47.7 Å². The number of carboxylic acid groups (broad SMARTS) is 1. The molecule has 2 aliphatic heterocycles. The van der Waals surface area contributed by atoms with Gasteiger partial charge in [-0.15, -0.1) is 22.0 Å². The van der Waals surface area contributed by atoms with Crippen molar-refractivity contribution in [3.8, 4) is 0 Å². The Balaban J connectivity index is 1.77. The minimum absolute atomic E-state index is 0.0132. The molecule has 3 heterocycles. The summed E-state index contributed by atoms with van der Waals surface area (Å²) in [4.78, 5) is 39.2. The number of H-pyrrole nitrogens is 1. The first-order valence-electron chi connectivity index (χ1n) is 9.50. The number of nitrogens with zero attached hydrogens (tertiary/aromatic N) is 4. The first kappa shape index (κ1) is 21.4. The predicted octanol–water partition coefficient (Wildman–Crippen LogP) is 0.909. The first-order chi connectivity index (χ1) is 15.0. The van der Waals surface area contributed by atoms with Crippen LogP contribution in [0.4, 0.5) is 0 Å². The van der Waals surface area contributed by atoms with Gasteiger partial charge in [-0.25, -0.2) is 4.79 Å². The van der Waals surface area contributed by atoms with E-state index in [9.17, 15) is 19.5 Å². The molecule has 1 fully saturated rings. The number of rotatable bonds is 8. The van der Waals surface area contributed by atoms with E-state index in [1.807, 2.05) is 30.3 Å². The molecule has 1 aromatic carbocycles. The van der Waals surface area contributed by atoms with Crippen LogP contribution < -0.4 is 5.32 Å². The molecular weight excluding hydrogens is 440 g/mol. The Morgan fingerprint density at radius 3 is 2.84 bits per heavy atom. The summed E-state index contributed by atoms with van der Waals surface area (Å²) in [5, 5.41) is 25.5. The van der Waals surface area contributed by atoms with E-state index >= 15 is 0 Å².